The molecule has 0 fully saturated rings. The van der Waals surface area contributed by atoms with E-state index in [-0.39, 0.29) is 0 Å². The summed E-state index contributed by atoms with van der Waals surface area (Å²) in [5.41, 5.74) is 8.97. The van der Waals surface area contributed by atoms with Gasteiger partial charge in [-0.3, -0.25) is 0 Å². The molecule has 0 N–H and O–H groups in total. The Hall–Kier alpha value is -6.78. The third-order valence-electron chi connectivity index (χ3n) is 10.0. The Bertz CT molecular complexity index is 3170. The second kappa shape index (κ2) is 10.4. The zero-order valence-electron chi connectivity index (χ0n) is 26.7. The van der Waals surface area contributed by atoms with Crippen molar-refractivity contribution in [3.63, 3.8) is 0 Å². The van der Waals surface area contributed by atoms with Gasteiger partial charge in [0.25, 0.3) is 0 Å². The summed E-state index contributed by atoms with van der Waals surface area (Å²) in [6, 6.07) is 55.1. The second-order valence-corrected chi connectivity index (χ2v) is 13.0. The lowest BCUT2D eigenvalue weighted by Gasteiger charge is -2.10. The smallest absolute Gasteiger partial charge is 0.180 e. The molecule has 0 unspecified atom stereocenters. The van der Waals surface area contributed by atoms with Crippen molar-refractivity contribution in [2.24, 2.45) is 0 Å². The zero-order valence-corrected chi connectivity index (χ0v) is 26.7. The van der Waals surface area contributed by atoms with Crippen LogP contribution in [0.15, 0.2) is 167 Å². The molecule has 11 aromatic rings. The lowest BCUT2D eigenvalue weighted by molar-refractivity contribution is 0.667. The molecule has 3 heterocycles. The second-order valence-electron chi connectivity index (χ2n) is 13.0. The highest BCUT2D eigenvalue weighted by Gasteiger charge is 2.21. The van der Waals surface area contributed by atoms with E-state index < -0.39 is 0 Å². The van der Waals surface area contributed by atoms with Gasteiger partial charge in [-0.25, -0.2) is 9.97 Å². The number of fused-ring (bicyclic) bond motifs is 10. The van der Waals surface area contributed by atoms with Crippen molar-refractivity contribution in [3.05, 3.63) is 158 Å². The van der Waals surface area contributed by atoms with E-state index in [0.29, 0.717) is 11.4 Å². The lowest BCUT2D eigenvalue weighted by Crippen LogP contribution is -1.95. The number of aromatic nitrogens is 2. The van der Waals surface area contributed by atoms with E-state index >= 15 is 0 Å². The largest absolute Gasteiger partial charge is 0.455 e. The number of rotatable bonds is 3. The highest BCUT2D eigenvalue weighted by atomic mass is 16.3. The predicted molar refractivity (Wildman–Crippen MR) is 205 cm³/mol. The van der Waals surface area contributed by atoms with Crippen LogP contribution in [0.25, 0.3) is 110 Å². The molecular weight excluding hydrogens is 613 g/mol. The fraction of sp³-hybridized carbons (Fsp3) is 0. The predicted octanol–water partition coefficient (Wildman–Crippen LogP) is 12.7. The van der Waals surface area contributed by atoms with Gasteiger partial charge in [-0.1, -0.05) is 115 Å². The first kappa shape index (κ1) is 27.2. The van der Waals surface area contributed by atoms with E-state index in [1.807, 2.05) is 18.2 Å². The zero-order chi connectivity index (χ0) is 32.8. The molecule has 3 aromatic heterocycles. The molecule has 0 radical (unpaired) electrons. The van der Waals surface area contributed by atoms with E-state index in [4.69, 9.17) is 18.8 Å². The van der Waals surface area contributed by atoms with Gasteiger partial charge < -0.3 is 8.83 Å². The first-order valence-corrected chi connectivity index (χ1v) is 16.8. The third kappa shape index (κ3) is 4.06. The Labute approximate surface area is 285 Å². The molecule has 0 atom stereocenters. The highest BCUT2D eigenvalue weighted by Crippen LogP contribution is 2.42. The lowest BCUT2D eigenvalue weighted by atomic mass is 9.97. The van der Waals surface area contributed by atoms with E-state index in [9.17, 15) is 0 Å². The molecule has 11 rings (SSSR count). The quantitative estimate of drug-likeness (QED) is 0.193. The van der Waals surface area contributed by atoms with Crippen molar-refractivity contribution < 1.29 is 8.83 Å². The van der Waals surface area contributed by atoms with Gasteiger partial charge in [-0.15, -0.1) is 0 Å². The summed E-state index contributed by atoms with van der Waals surface area (Å²) < 4.78 is 13.2. The molecule has 232 valence electrons. The van der Waals surface area contributed by atoms with Gasteiger partial charge in [-0.05, 0) is 80.5 Å². The Morgan fingerprint density at radius 1 is 0.360 bits per heavy atom. The van der Waals surface area contributed by atoms with E-state index in [2.05, 4.69) is 140 Å². The average molecular weight is 639 g/mol. The van der Waals surface area contributed by atoms with Crippen LogP contribution >= 0.6 is 0 Å². The molecule has 0 aliphatic heterocycles. The molecule has 0 spiro atoms. The van der Waals surface area contributed by atoms with Crippen molar-refractivity contribution >= 4 is 76.3 Å². The summed E-state index contributed by atoms with van der Waals surface area (Å²) in [5.74, 6) is 0.646. The maximum atomic E-state index is 6.70. The van der Waals surface area contributed by atoms with Crippen LogP contribution in [0.1, 0.15) is 0 Å². The minimum absolute atomic E-state index is 0.646. The van der Waals surface area contributed by atoms with Crippen LogP contribution in [0.4, 0.5) is 0 Å². The van der Waals surface area contributed by atoms with Crippen LogP contribution in [-0.4, -0.2) is 9.97 Å². The summed E-state index contributed by atoms with van der Waals surface area (Å²) in [6.07, 6.45) is 0. The minimum Gasteiger partial charge on any atom is -0.455 e. The molecule has 0 aliphatic carbocycles. The summed E-state index contributed by atoms with van der Waals surface area (Å²) in [4.78, 5) is 10.6. The fourth-order valence-corrected chi connectivity index (χ4v) is 7.58. The van der Waals surface area contributed by atoms with Gasteiger partial charge in [0, 0.05) is 32.7 Å². The Morgan fingerprint density at radius 3 is 1.76 bits per heavy atom. The first-order chi connectivity index (χ1) is 24.7. The molecule has 0 bridgehead atoms. The van der Waals surface area contributed by atoms with Crippen LogP contribution in [0, 0.1) is 0 Å². The monoisotopic (exact) mass is 638 g/mol. The highest BCUT2D eigenvalue weighted by molar-refractivity contribution is 6.19. The average Bonchev–Trinajstić information content (AvgIpc) is 3.75. The number of hydrogen-bond acceptors (Lipinski definition) is 4. The third-order valence-corrected chi connectivity index (χ3v) is 10.0. The van der Waals surface area contributed by atoms with Crippen molar-refractivity contribution in [2.75, 3.05) is 0 Å². The minimum atomic E-state index is 0.646. The SMILES string of the molecule is c1ccc2cc(-c3ccc4c(c3)oc3c5ccccc5c(-c5nc(-c6ccc7ccccc7c6)c6oc7ccccc7c6n5)cc43)ccc2c1. The van der Waals surface area contributed by atoms with Crippen molar-refractivity contribution in [1.29, 1.82) is 0 Å². The van der Waals surface area contributed by atoms with Gasteiger partial charge in [0.1, 0.15) is 28.0 Å². The Morgan fingerprint density at radius 2 is 0.960 bits per heavy atom. The number of hydrogen-bond donors (Lipinski definition) is 0. The molecule has 50 heavy (non-hydrogen) atoms. The molecule has 8 aromatic carbocycles. The number of benzene rings is 8. The van der Waals surface area contributed by atoms with Gasteiger partial charge in [0.2, 0.25) is 0 Å². The molecule has 4 nitrogen and oxygen atoms in total. The standard InChI is InChI=1S/C46H26N2O2/c1-3-11-29-23-31(19-17-27(29)9-1)32-21-22-35-38-26-39(34-13-5-6-14-36(34)44(38)50-41(35)25-32)46-47-42(33-20-18-28-10-2-4-12-30(28)24-33)45-43(48-46)37-15-7-8-16-40(37)49-45/h1-26H. The molecule has 4 heteroatoms. The molecule has 0 saturated carbocycles. The fourth-order valence-electron chi connectivity index (χ4n) is 7.58. The van der Waals surface area contributed by atoms with Crippen LogP contribution in [0.3, 0.4) is 0 Å². The van der Waals surface area contributed by atoms with Crippen LogP contribution in [0.5, 0.6) is 0 Å². The maximum Gasteiger partial charge on any atom is 0.180 e. The van der Waals surface area contributed by atoms with E-state index in [0.717, 1.165) is 82.5 Å². The summed E-state index contributed by atoms with van der Waals surface area (Å²) >= 11 is 0. The van der Waals surface area contributed by atoms with Gasteiger partial charge in [0.05, 0.1) is 0 Å². The van der Waals surface area contributed by atoms with E-state index in [1.54, 1.807) is 0 Å². The summed E-state index contributed by atoms with van der Waals surface area (Å²) in [6.45, 7) is 0. The molecular formula is C46H26N2O2. The van der Waals surface area contributed by atoms with Crippen molar-refractivity contribution in [3.8, 4) is 33.8 Å². The normalized spacial score (nSPS) is 12.0. The van der Waals surface area contributed by atoms with E-state index in [1.165, 1.54) is 16.2 Å². The first-order valence-electron chi connectivity index (χ1n) is 16.8. The number of para-hydroxylation sites is 1. The van der Waals surface area contributed by atoms with Crippen LogP contribution in [0.2, 0.25) is 0 Å². The van der Waals surface area contributed by atoms with Crippen molar-refractivity contribution in [2.45, 2.75) is 0 Å². The van der Waals surface area contributed by atoms with Gasteiger partial charge in [0.15, 0.2) is 11.4 Å². The topological polar surface area (TPSA) is 52.1 Å². The summed E-state index contributed by atoms with van der Waals surface area (Å²) in [7, 11) is 0. The molecule has 0 saturated heterocycles. The number of furan rings is 2. The molecule has 0 amide bonds. The van der Waals surface area contributed by atoms with Crippen molar-refractivity contribution in [1.82, 2.24) is 9.97 Å². The van der Waals surface area contributed by atoms with Gasteiger partial charge in [-0.2, -0.15) is 0 Å². The summed E-state index contributed by atoms with van der Waals surface area (Å²) in [5, 5.41) is 9.89. The Kier molecular flexibility index (Phi) is 5.63. The maximum absolute atomic E-state index is 6.70. The molecule has 0 aliphatic rings. The Balaban J connectivity index is 1.16. The van der Waals surface area contributed by atoms with Gasteiger partial charge >= 0.3 is 0 Å². The van der Waals surface area contributed by atoms with Crippen LogP contribution in [-0.2, 0) is 0 Å². The number of nitrogens with zero attached hydrogens (tertiary/aromatic N) is 2. The van der Waals surface area contributed by atoms with Crippen LogP contribution < -0.4 is 0 Å².